The van der Waals surface area contributed by atoms with Crippen molar-refractivity contribution in [2.24, 2.45) is 5.92 Å². The lowest BCUT2D eigenvalue weighted by Gasteiger charge is -2.40. The highest BCUT2D eigenvalue weighted by atomic mass is 16.3. The third-order valence-corrected chi connectivity index (χ3v) is 9.03. The van der Waals surface area contributed by atoms with E-state index in [-0.39, 0.29) is 11.5 Å². The van der Waals surface area contributed by atoms with E-state index in [0.717, 1.165) is 51.0 Å². The Labute approximate surface area is 210 Å². The molecule has 1 fully saturated rings. The monoisotopic (exact) mass is 466 g/mol. The van der Waals surface area contributed by atoms with Gasteiger partial charge in [0.1, 0.15) is 0 Å². The number of nitrogens with zero attached hydrogens (tertiary/aromatic N) is 2. The Balaban J connectivity index is 1.17. The van der Waals surface area contributed by atoms with E-state index in [9.17, 15) is 5.11 Å². The molecular formula is C32H38N2O. The summed E-state index contributed by atoms with van der Waals surface area (Å²) in [6, 6.07) is 26.9. The van der Waals surface area contributed by atoms with Gasteiger partial charge < -0.3 is 14.9 Å². The quantitative estimate of drug-likeness (QED) is 0.507. The number of rotatable bonds is 7. The predicted molar refractivity (Wildman–Crippen MR) is 143 cm³/mol. The van der Waals surface area contributed by atoms with Gasteiger partial charge in [0.2, 0.25) is 0 Å². The van der Waals surface area contributed by atoms with Crippen LogP contribution in [-0.2, 0) is 11.8 Å². The predicted octanol–water partition coefficient (Wildman–Crippen LogP) is 5.37. The molecule has 6 rings (SSSR count). The van der Waals surface area contributed by atoms with Crippen LogP contribution < -0.4 is 0 Å². The maximum atomic E-state index is 11.4. The minimum absolute atomic E-state index is 0.127. The average molecular weight is 467 g/mol. The molecule has 2 aliphatic carbocycles. The van der Waals surface area contributed by atoms with Gasteiger partial charge in [-0.2, -0.15) is 0 Å². The highest BCUT2D eigenvalue weighted by Crippen LogP contribution is 2.60. The van der Waals surface area contributed by atoms with Crippen molar-refractivity contribution in [1.29, 1.82) is 0 Å². The third-order valence-electron chi connectivity index (χ3n) is 9.03. The second kappa shape index (κ2) is 9.20. The molecule has 3 aliphatic rings. The summed E-state index contributed by atoms with van der Waals surface area (Å²) in [5.74, 6) is 0.893. The van der Waals surface area contributed by atoms with E-state index in [1.54, 1.807) is 22.3 Å². The maximum Gasteiger partial charge on any atom is 0.0821 e. The lowest BCUT2D eigenvalue weighted by molar-refractivity contribution is 0.0534. The summed E-state index contributed by atoms with van der Waals surface area (Å²) in [6.07, 6.45) is 3.96. The van der Waals surface area contributed by atoms with E-state index in [4.69, 9.17) is 0 Å². The molecule has 0 aromatic heterocycles. The summed E-state index contributed by atoms with van der Waals surface area (Å²) < 4.78 is 0. The van der Waals surface area contributed by atoms with E-state index in [2.05, 4.69) is 96.7 Å². The second-order valence-electron chi connectivity index (χ2n) is 11.3. The van der Waals surface area contributed by atoms with Crippen LogP contribution in [0, 0.1) is 5.92 Å². The largest absolute Gasteiger partial charge is 0.388 e. The molecular weight excluding hydrogens is 428 g/mol. The van der Waals surface area contributed by atoms with Crippen LogP contribution in [0.25, 0.3) is 0 Å². The first-order valence-electron chi connectivity index (χ1n) is 13.4. The summed E-state index contributed by atoms with van der Waals surface area (Å²) in [7, 11) is 4.23. The molecule has 1 N–H and O–H groups in total. The van der Waals surface area contributed by atoms with Crippen molar-refractivity contribution in [3.63, 3.8) is 0 Å². The van der Waals surface area contributed by atoms with Crippen LogP contribution >= 0.6 is 0 Å². The van der Waals surface area contributed by atoms with Crippen molar-refractivity contribution in [3.8, 4) is 0 Å². The van der Waals surface area contributed by atoms with Gasteiger partial charge in [0, 0.05) is 24.4 Å². The Kier molecular flexibility index (Phi) is 6.04. The minimum atomic E-state index is -0.363. The lowest BCUT2D eigenvalue weighted by Crippen LogP contribution is -2.44. The number of piperidine rings is 1. The van der Waals surface area contributed by atoms with Gasteiger partial charge in [0.25, 0.3) is 0 Å². The van der Waals surface area contributed by atoms with Crippen molar-refractivity contribution >= 4 is 0 Å². The Morgan fingerprint density at radius 3 is 2.14 bits per heavy atom. The molecule has 0 amide bonds. The standard InChI is InChI=1S/C32H38N2O/c1-33(2)18-15-23-9-3-4-10-25(23)31(35)24-16-19-34(20-17-24)22-32-21-28(26-11-5-7-13-29(26)32)27-12-6-8-14-30(27)32/h3-14,24,28,31,35H,15-22H2,1-2H3/t28?,31-,32?/m1/s1. The number of hydrogen-bond acceptors (Lipinski definition) is 3. The zero-order chi connectivity index (χ0) is 24.0. The van der Waals surface area contributed by atoms with Gasteiger partial charge in [-0.05, 0) is 92.2 Å². The molecule has 1 aliphatic heterocycles. The number of likely N-dealkylation sites (N-methyl/N-ethyl adjacent to an activating group) is 1. The fourth-order valence-corrected chi connectivity index (χ4v) is 7.27. The summed E-state index contributed by atoms with van der Waals surface area (Å²) in [4.78, 5) is 4.90. The highest BCUT2D eigenvalue weighted by Gasteiger charge is 2.53. The Morgan fingerprint density at radius 2 is 1.49 bits per heavy atom. The first kappa shape index (κ1) is 23.0. The lowest BCUT2D eigenvalue weighted by atomic mass is 9.74. The molecule has 1 atom stereocenters. The second-order valence-corrected chi connectivity index (χ2v) is 11.3. The van der Waals surface area contributed by atoms with Crippen molar-refractivity contribution in [3.05, 3.63) is 106 Å². The first-order valence-corrected chi connectivity index (χ1v) is 13.4. The van der Waals surface area contributed by atoms with E-state index < -0.39 is 0 Å². The molecule has 3 aromatic carbocycles. The minimum Gasteiger partial charge on any atom is -0.388 e. The van der Waals surface area contributed by atoms with Crippen molar-refractivity contribution in [2.45, 2.75) is 43.1 Å². The molecule has 3 heteroatoms. The molecule has 0 spiro atoms. The molecule has 2 bridgehead atoms. The average Bonchev–Trinajstić information content (AvgIpc) is 3.40. The maximum absolute atomic E-state index is 11.4. The number of hydrogen-bond donors (Lipinski definition) is 1. The van der Waals surface area contributed by atoms with Crippen LogP contribution in [0.2, 0.25) is 0 Å². The number of benzene rings is 3. The molecule has 0 radical (unpaired) electrons. The van der Waals surface area contributed by atoms with Gasteiger partial charge in [0.15, 0.2) is 0 Å². The summed E-state index contributed by atoms with van der Waals surface area (Å²) in [6.45, 7) is 4.24. The molecule has 3 nitrogen and oxygen atoms in total. The van der Waals surface area contributed by atoms with Gasteiger partial charge in [-0.15, -0.1) is 0 Å². The highest BCUT2D eigenvalue weighted by molar-refractivity contribution is 5.62. The first-order chi connectivity index (χ1) is 17.1. The summed E-state index contributed by atoms with van der Waals surface area (Å²) >= 11 is 0. The molecule has 0 unspecified atom stereocenters. The van der Waals surface area contributed by atoms with Crippen molar-refractivity contribution < 1.29 is 5.11 Å². The van der Waals surface area contributed by atoms with E-state index in [0.29, 0.717) is 11.8 Å². The Bertz CT molecular complexity index is 1150. The molecule has 3 aromatic rings. The van der Waals surface area contributed by atoms with Gasteiger partial charge >= 0.3 is 0 Å². The van der Waals surface area contributed by atoms with Crippen LogP contribution in [0.15, 0.2) is 72.8 Å². The molecule has 1 heterocycles. The number of aliphatic hydroxyl groups excluding tert-OH is 1. The normalized spacial score (nSPS) is 24.5. The molecule has 182 valence electrons. The summed E-state index contributed by atoms with van der Waals surface area (Å²) in [5, 5.41) is 11.4. The zero-order valence-corrected chi connectivity index (χ0v) is 21.2. The van der Waals surface area contributed by atoms with Crippen LogP contribution in [0.1, 0.15) is 64.7 Å². The van der Waals surface area contributed by atoms with Crippen LogP contribution in [-0.4, -0.2) is 55.2 Å². The van der Waals surface area contributed by atoms with Gasteiger partial charge in [-0.3, -0.25) is 0 Å². The number of likely N-dealkylation sites (tertiary alicyclic amines) is 1. The van der Waals surface area contributed by atoms with Crippen LogP contribution in [0.5, 0.6) is 0 Å². The summed E-state index contributed by atoms with van der Waals surface area (Å²) in [5.41, 5.74) is 8.77. The SMILES string of the molecule is CN(C)CCc1ccccc1[C@H](O)C1CCN(CC23CC(c4ccccc42)c2ccccc23)CC1. The van der Waals surface area contributed by atoms with Gasteiger partial charge in [-0.1, -0.05) is 72.8 Å². The Morgan fingerprint density at radius 1 is 0.886 bits per heavy atom. The molecule has 35 heavy (non-hydrogen) atoms. The molecule has 1 saturated heterocycles. The fraction of sp³-hybridized carbons (Fsp3) is 0.438. The van der Waals surface area contributed by atoms with Crippen LogP contribution in [0.3, 0.4) is 0 Å². The number of aliphatic hydroxyl groups is 1. The van der Waals surface area contributed by atoms with Crippen molar-refractivity contribution in [2.75, 3.05) is 40.3 Å². The van der Waals surface area contributed by atoms with E-state index in [1.807, 2.05) is 0 Å². The van der Waals surface area contributed by atoms with E-state index >= 15 is 0 Å². The van der Waals surface area contributed by atoms with Crippen LogP contribution in [0.4, 0.5) is 0 Å². The zero-order valence-electron chi connectivity index (χ0n) is 21.2. The smallest absolute Gasteiger partial charge is 0.0821 e. The van der Waals surface area contributed by atoms with Crippen molar-refractivity contribution in [1.82, 2.24) is 9.80 Å². The van der Waals surface area contributed by atoms with E-state index in [1.165, 1.54) is 12.0 Å². The third kappa shape index (κ3) is 3.94. The van der Waals surface area contributed by atoms with Gasteiger partial charge in [0.05, 0.1) is 6.10 Å². The fourth-order valence-electron chi connectivity index (χ4n) is 7.27. The number of fused-ring (bicyclic) bond motifs is 8. The Hall–Kier alpha value is -2.46. The molecule has 0 saturated carbocycles. The van der Waals surface area contributed by atoms with Gasteiger partial charge in [-0.25, -0.2) is 0 Å². The topological polar surface area (TPSA) is 26.7 Å².